The molecule has 3 N–H and O–H groups in total. The maximum absolute atomic E-state index is 10.9. The van der Waals surface area contributed by atoms with Crippen LogP contribution in [0.3, 0.4) is 0 Å². The maximum Gasteiger partial charge on any atom is 0.322 e. The van der Waals surface area contributed by atoms with Gasteiger partial charge >= 0.3 is 5.97 Å². The number of carboxylic acid groups (broad SMARTS) is 1. The molecule has 1 aliphatic rings. The third-order valence-corrected chi connectivity index (χ3v) is 3.31. The van der Waals surface area contributed by atoms with Gasteiger partial charge in [0.25, 0.3) is 0 Å². The standard InChI is InChI=1S/C11H22N2O2/c1-13(10(7-12)11(14)15)8-9-5-3-2-4-6-9/h9-10H,2-8,12H2,1H3,(H,14,15). The lowest BCUT2D eigenvalue weighted by molar-refractivity contribution is -0.142. The van der Waals surface area contributed by atoms with E-state index in [0.717, 1.165) is 6.54 Å². The fraction of sp³-hybridized carbons (Fsp3) is 0.909. The third-order valence-electron chi connectivity index (χ3n) is 3.31. The quantitative estimate of drug-likeness (QED) is 0.714. The van der Waals surface area contributed by atoms with Crippen LogP contribution >= 0.6 is 0 Å². The lowest BCUT2D eigenvalue weighted by Crippen LogP contribution is -2.46. The molecular formula is C11H22N2O2. The van der Waals surface area contributed by atoms with Crippen LogP contribution in [0.2, 0.25) is 0 Å². The van der Waals surface area contributed by atoms with Crippen molar-refractivity contribution in [3.63, 3.8) is 0 Å². The molecule has 4 heteroatoms. The minimum Gasteiger partial charge on any atom is -0.480 e. The van der Waals surface area contributed by atoms with Crippen LogP contribution < -0.4 is 5.73 Å². The Morgan fingerprint density at radius 2 is 2.07 bits per heavy atom. The third kappa shape index (κ3) is 3.80. The van der Waals surface area contributed by atoms with Crippen LogP contribution in [0.1, 0.15) is 32.1 Å². The van der Waals surface area contributed by atoms with Crippen molar-refractivity contribution >= 4 is 5.97 Å². The number of carbonyl (C=O) groups is 1. The molecule has 0 bridgehead atoms. The number of rotatable bonds is 5. The highest BCUT2D eigenvalue weighted by molar-refractivity contribution is 5.73. The van der Waals surface area contributed by atoms with Gasteiger partial charge in [0.05, 0.1) is 0 Å². The number of hydrogen-bond donors (Lipinski definition) is 2. The zero-order valence-corrected chi connectivity index (χ0v) is 9.48. The molecule has 4 nitrogen and oxygen atoms in total. The highest BCUT2D eigenvalue weighted by Gasteiger charge is 2.24. The number of hydrogen-bond acceptors (Lipinski definition) is 3. The predicted octanol–water partition coefficient (Wildman–Crippen LogP) is 0.910. The van der Waals surface area contributed by atoms with E-state index in [4.69, 9.17) is 10.8 Å². The first-order valence-electron chi connectivity index (χ1n) is 5.78. The summed E-state index contributed by atoms with van der Waals surface area (Å²) in [6.45, 7) is 1.06. The van der Waals surface area contributed by atoms with Crippen LogP contribution in [-0.2, 0) is 4.79 Å². The van der Waals surface area contributed by atoms with E-state index in [1.54, 1.807) is 0 Å². The Balaban J connectivity index is 2.38. The summed E-state index contributed by atoms with van der Waals surface area (Å²) in [5.41, 5.74) is 5.46. The van der Waals surface area contributed by atoms with Crippen molar-refractivity contribution in [3.8, 4) is 0 Å². The van der Waals surface area contributed by atoms with E-state index < -0.39 is 12.0 Å². The van der Waals surface area contributed by atoms with Crippen molar-refractivity contribution in [2.75, 3.05) is 20.1 Å². The molecule has 1 aliphatic carbocycles. The molecule has 0 heterocycles. The van der Waals surface area contributed by atoms with Gasteiger partial charge in [0.2, 0.25) is 0 Å². The summed E-state index contributed by atoms with van der Waals surface area (Å²) in [5.74, 6) is -0.145. The zero-order chi connectivity index (χ0) is 11.3. The van der Waals surface area contributed by atoms with E-state index in [1.807, 2.05) is 11.9 Å². The first-order chi connectivity index (χ1) is 7.15. The van der Waals surface area contributed by atoms with Gasteiger partial charge in [0.15, 0.2) is 0 Å². The van der Waals surface area contributed by atoms with Crippen molar-refractivity contribution in [2.45, 2.75) is 38.1 Å². The van der Waals surface area contributed by atoms with Gasteiger partial charge in [-0.15, -0.1) is 0 Å². The van der Waals surface area contributed by atoms with Crippen molar-refractivity contribution in [3.05, 3.63) is 0 Å². The molecule has 1 atom stereocenters. The van der Waals surface area contributed by atoms with E-state index in [1.165, 1.54) is 32.1 Å². The van der Waals surface area contributed by atoms with Gasteiger partial charge in [-0.25, -0.2) is 0 Å². The molecule has 0 aromatic rings. The zero-order valence-electron chi connectivity index (χ0n) is 9.48. The van der Waals surface area contributed by atoms with Crippen molar-refractivity contribution in [1.82, 2.24) is 4.90 Å². The number of nitrogens with zero attached hydrogens (tertiary/aromatic N) is 1. The van der Waals surface area contributed by atoms with E-state index in [-0.39, 0.29) is 6.54 Å². The van der Waals surface area contributed by atoms with Crippen molar-refractivity contribution in [2.24, 2.45) is 11.7 Å². The van der Waals surface area contributed by atoms with Crippen LogP contribution in [-0.4, -0.2) is 42.2 Å². The number of likely N-dealkylation sites (N-methyl/N-ethyl adjacent to an activating group) is 1. The van der Waals surface area contributed by atoms with E-state index in [9.17, 15) is 4.79 Å². The Hall–Kier alpha value is -0.610. The monoisotopic (exact) mass is 214 g/mol. The van der Waals surface area contributed by atoms with Crippen LogP contribution in [0.25, 0.3) is 0 Å². The average Bonchev–Trinajstić information content (AvgIpc) is 2.19. The van der Waals surface area contributed by atoms with E-state index >= 15 is 0 Å². The molecule has 0 spiro atoms. The summed E-state index contributed by atoms with van der Waals surface area (Å²) in [6, 6.07) is -0.521. The summed E-state index contributed by atoms with van der Waals surface area (Å²) in [7, 11) is 1.86. The Morgan fingerprint density at radius 3 is 2.53 bits per heavy atom. The number of nitrogens with two attached hydrogens (primary N) is 1. The molecule has 88 valence electrons. The van der Waals surface area contributed by atoms with Crippen LogP contribution in [0.5, 0.6) is 0 Å². The molecule has 1 saturated carbocycles. The fourth-order valence-corrected chi connectivity index (χ4v) is 2.37. The molecule has 0 saturated heterocycles. The minimum absolute atomic E-state index is 0.193. The van der Waals surface area contributed by atoms with Gasteiger partial charge in [0.1, 0.15) is 6.04 Å². The SMILES string of the molecule is CN(CC1CCCCC1)C(CN)C(=O)O. The lowest BCUT2D eigenvalue weighted by Gasteiger charge is -2.30. The first kappa shape index (κ1) is 12.5. The van der Waals surface area contributed by atoms with Gasteiger partial charge in [0, 0.05) is 13.1 Å². The number of aliphatic carboxylic acids is 1. The molecule has 1 fully saturated rings. The van der Waals surface area contributed by atoms with E-state index in [2.05, 4.69) is 0 Å². The molecule has 15 heavy (non-hydrogen) atoms. The average molecular weight is 214 g/mol. The Morgan fingerprint density at radius 1 is 1.47 bits per heavy atom. The van der Waals surface area contributed by atoms with Gasteiger partial charge in [-0.2, -0.15) is 0 Å². The van der Waals surface area contributed by atoms with Gasteiger partial charge in [-0.05, 0) is 25.8 Å². The second kappa shape index (κ2) is 6.08. The topological polar surface area (TPSA) is 66.6 Å². The highest BCUT2D eigenvalue weighted by Crippen LogP contribution is 2.24. The summed E-state index contributed by atoms with van der Waals surface area (Å²) < 4.78 is 0. The van der Waals surface area contributed by atoms with Gasteiger partial charge in [-0.3, -0.25) is 9.69 Å². The number of carboxylic acids is 1. The largest absolute Gasteiger partial charge is 0.480 e. The van der Waals surface area contributed by atoms with E-state index in [0.29, 0.717) is 5.92 Å². The summed E-state index contributed by atoms with van der Waals surface area (Å²) in [5, 5.41) is 8.95. The van der Waals surface area contributed by atoms with Crippen LogP contribution in [0, 0.1) is 5.92 Å². The molecule has 1 rings (SSSR count). The summed E-state index contributed by atoms with van der Waals surface area (Å²) in [6.07, 6.45) is 6.39. The van der Waals surface area contributed by atoms with Gasteiger partial charge in [-0.1, -0.05) is 19.3 Å². The molecule has 1 unspecified atom stereocenters. The van der Waals surface area contributed by atoms with Crippen LogP contribution in [0.4, 0.5) is 0 Å². The fourth-order valence-electron chi connectivity index (χ4n) is 2.37. The maximum atomic E-state index is 10.9. The minimum atomic E-state index is -0.809. The Bertz CT molecular complexity index is 203. The van der Waals surface area contributed by atoms with Crippen LogP contribution in [0.15, 0.2) is 0 Å². The highest BCUT2D eigenvalue weighted by atomic mass is 16.4. The van der Waals surface area contributed by atoms with Crippen molar-refractivity contribution in [1.29, 1.82) is 0 Å². The van der Waals surface area contributed by atoms with Gasteiger partial charge < -0.3 is 10.8 Å². The molecule has 0 radical (unpaired) electrons. The lowest BCUT2D eigenvalue weighted by atomic mass is 9.89. The summed E-state index contributed by atoms with van der Waals surface area (Å²) in [4.78, 5) is 12.8. The smallest absolute Gasteiger partial charge is 0.322 e. The molecule has 0 aliphatic heterocycles. The molecule has 0 aromatic heterocycles. The Labute approximate surface area is 91.4 Å². The normalized spacial score (nSPS) is 20.5. The molecule has 0 amide bonds. The molecular weight excluding hydrogens is 192 g/mol. The predicted molar refractivity (Wildman–Crippen MR) is 59.7 cm³/mol. The second-order valence-electron chi connectivity index (χ2n) is 4.53. The second-order valence-corrected chi connectivity index (χ2v) is 4.53. The van der Waals surface area contributed by atoms with Crippen molar-refractivity contribution < 1.29 is 9.90 Å². The Kier molecular flexibility index (Phi) is 5.05. The summed E-state index contributed by atoms with van der Waals surface area (Å²) >= 11 is 0. The molecule has 0 aromatic carbocycles. The first-order valence-corrected chi connectivity index (χ1v) is 5.78.